The molecule has 0 saturated heterocycles. The topological polar surface area (TPSA) is 50.9 Å². The molecule has 19 heavy (non-hydrogen) atoms. The molecule has 0 radical (unpaired) electrons. The highest BCUT2D eigenvalue weighted by atomic mass is 32.2. The molecule has 3 nitrogen and oxygen atoms in total. The van der Waals surface area contributed by atoms with Crippen molar-refractivity contribution >= 4 is 23.4 Å². The lowest BCUT2D eigenvalue weighted by atomic mass is 9.84. The average Bonchev–Trinajstić information content (AvgIpc) is 2.26. The van der Waals surface area contributed by atoms with Gasteiger partial charge in [0.25, 0.3) is 0 Å². The summed E-state index contributed by atoms with van der Waals surface area (Å²) in [6, 6.07) is 1.85. The number of hydrogen-bond donors (Lipinski definition) is 2. The SMILES string of the molecule is CSC1(CNc2cc(C(F)(F)F)cc(N)n2)CCC1. The summed E-state index contributed by atoms with van der Waals surface area (Å²) in [5.74, 6) is 0.0665. The molecule has 0 bridgehead atoms. The predicted octanol–water partition coefficient (Wildman–Crippen LogP) is 3.38. The first-order valence-electron chi connectivity index (χ1n) is 5.98. The Balaban J connectivity index is 2.10. The van der Waals surface area contributed by atoms with E-state index >= 15 is 0 Å². The fraction of sp³-hybridized carbons (Fsp3) is 0.583. The molecule has 1 aromatic rings. The number of aromatic nitrogens is 1. The van der Waals surface area contributed by atoms with Crippen molar-refractivity contribution in [1.82, 2.24) is 4.98 Å². The number of hydrogen-bond acceptors (Lipinski definition) is 4. The average molecular weight is 291 g/mol. The number of pyridine rings is 1. The van der Waals surface area contributed by atoms with Gasteiger partial charge in [0.15, 0.2) is 0 Å². The third-order valence-corrected chi connectivity index (χ3v) is 4.88. The Bertz CT molecular complexity index is 453. The summed E-state index contributed by atoms with van der Waals surface area (Å²) in [6.07, 6.45) is 0.946. The van der Waals surface area contributed by atoms with Crippen molar-refractivity contribution in [3.63, 3.8) is 0 Å². The van der Waals surface area contributed by atoms with Crippen LogP contribution in [0.4, 0.5) is 24.8 Å². The van der Waals surface area contributed by atoms with Crippen LogP contribution in [0.2, 0.25) is 0 Å². The van der Waals surface area contributed by atoms with Gasteiger partial charge in [-0.3, -0.25) is 0 Å². The van der Waals surface area contributed by atoms with Crippen LogP contribution in [0.5, 0.6) is 0 Å². The third-order valence-electron chi connectivity index (χ3n) is 3.46. The first-order valence-corrected chi connectivity index (χ1v) is 7.21. The number of nitrogens with zero attached hydrogens (tertiary/aromatic N) is 1. The van der Waals surface area contributed by atoms with E-state index in [1.165, 1.54) is 6.42 Å². The molecule has 0 amide bonds. The normalized spacial score (nSPS) is 17.9. The molecule has 0 atom stereocenters. The van der Waals surface area contributed by atoms with Gasteiger partial charge in [0.1, 0.15) is 11.6 Å². The van der Waals surface area contributed by atoms with E-state index in [0.29, 0.717) is 6.54 Å². The molecule has 2 rings (SSSR count). The van der Waals surface area contributed by atoms with Crippen molar-refractivity contribution in [3.05, 3.63) is 17.7 Å². The van der Waals surface area contributed by atoms with Crippen LogP contribution in [0.15, 0.2) is 12.1 Å². The second-order valence-electron chi connectivity index (χ2n) is 4.76. The summed E-state index contributed by atoms with van der Waals surface area (Å²) in [7, 11) is 0. The second-order valence-corrected chi connectivity index (χ2v) is 6.03. The standard InChI is InChI=1S/C12H16F3N3S/c1-19-11(3-2-4-11)7-17-10-6-8(12(13,14)15)5-9(16)18-10/h5-6H,2-4,7H2,1H3,(H3,16,17,18). The Labute approximate surface area is 114 Å². The van der Waals surface area contributed by atoms with E-state index < -0.39 is 11.7 Å². The summed E-state index contributed by atoms with van der Waals surface area (Å²) in [4.78, 5) is 3.90. The largest absolute Gasteiger partial charge is 0.416 e. The molecule has 106 valence electrons. The van der Waals surface area contributed by atoms with Gasteiger partial charge in [-0.15, -0.1) is 0 Å². The highest BCUT2D eigenvalue weighted by Gasteiger charge is 2.36. The summed E-state index contributed by atoms with van der Waals surface area (Å²) < 4.78 is 38.1. The van der Waals surface area contributed by atoms with Gasteiger partial charge in [-0.1, -0.05) is 6.42 Å². The number of nitrogens with one attached hydrogen (secondary N) is 1. The van der Waals surface area contributed by atoms with Gasteiger partial charge >= 0.3 is 6.18 Å². The second kappa shape index (κ2) is 5.11. The van der Waals surface area contributed by atoms with Gasteiger partial charge in [-0.25, -0.2) is 4.98 Å². The van der Waals surface area contributed by atoms with E-state index in [1.54, 1.807) is 11.8 Å². The molecule has 3 N–H and O–H groups in total. The van der Waals surface area contributed by atoms with Gasteiger partial charge < -0.3 is 11.1 Å². The van der Waals surface area contributed by atoms with Crippen molar-refractivity contribution in [1.29, 1.82) is 0 Å². The number of nitrogens with two attached hydrogens (primary N) is 1. The van der Waals surface area contributed by atoms with Crippen molar-refractivity contribution < 1.29 is 13.2 Å². The minimum Gasteiger partial charge on any atom is -0.384 e. The number of rotatable bonds is 4. The Morgan fingerprint density at radius 1 is 1.42 bits per heavy atom. The van der Waals surface area contributed by atoms with Crippen LogP contribution in [0.25, 0.3) is 0 Å². The Morgan fingerprint density at radius 3 is 2.58 bits per heavy atom. The quantitative estimate of drug-likeness (QED) is 0.893. The number of nitrogen functional groups attached to an aromatic ring is 1. The third kappa shape index (κ3) is 3.26. The molecule has 1 heterocycles. The molecule has 0 spiro atoms. The van der Waals surface area contributed by atoms with Crippen LogP contribution in [0.3, 0.4) is 0 Å². The van der Waals surface area contributed by atoms with Gasteiger partial charge in [-0.2, -0.15) is 24.9 Å². The van der Waals surface area contributed by atoms with Crippen LogP contribution >= 0.6 is 11.8 Å². The maximum Gasteiger partial charge on any atom is 0.416 e. The van der Waals surface area contributed by atoms with Gasteiger partial charge in [-0.05, 0) is 31.2 Å². The summed E-state index contributed by atoms with van der Waals surface area (Å²) in [6.45, 7) is 0.613. The summed E-state index contributed by atoms with van der Waals surface area (Å²) in [5.41, 5.74) is 4.65. The molecule has 1 fully saturated rings. The van der Waals surface area contributed by atoms with Crippen LogP contribution in [-0.4, -0.2) is 22.5 Å². The Kier molecular flexibility index (Phi) is 3.85. The minimum atomic E-state index is -4.40. The van der Waals surface area contributed by atoms with Gasteiger partial charge in [0.2, 0.25) is 0 Å². The maximum atomic E-state index is 12.7. The molecule has 0 aliphatic heterocycles. The lowest BCUT2D eigenvalue weighted by Gasteiger charge is -2.40. The summed E-state index contributed by atoms with van der Waals surface area (Å²) in [5, 5.41) is 2.98. The highest BCUT2D eigenvalue weighted by Crippen LogP contribution is 2.42. The van der Waals surface area contributed by atoms with Crippen molar-refractivity contribution in [2.75, 3.05) is 23.9 Å². The van der Waals surface area contributed by atoms with E-state index in [9.17, 15) is 13.2 Å². The molecular formula is C12H16F3N3S. The van der Waals surface area contributed by atoms with Crippen molar-refractivity contribution in [2.24, 2.45) is 0 Å². The molecule has 1 saturated carbocycles. The molecule has 7 heteroatoms. The number of thioether (sulfide) groups is 1. The Hall–Kier alpha value is -1.11. The fourth-order valence-corrected chi connectivity index (χ4v) is 3.00. The highest BCUT2D eigenvalue weighted by molar-refractivity contribution is 8.00. The molecule has 1 aliphatic carbocycles. The van der Waals surface area contributed by atoms with E-state index in [4.69, 9.17) is 5.73 Å². The van der Waals surface area contributed by atoms with E-state index in [1.807, 2.05) is 6.26 Å². The zero-order valence-corrected chi connectivity index (χ0v) is 11.4. The van der Waals surface area contributed by atoms with Crippen LogP contribution in [0, 0.1) is 0 Å². The molecule has 1 aromatic heterocycles. The number of alkyl halides is 3. The van der Waals surface area contributed by atoms with Crippen LogP contribution in [-0.2, 0) is 6.18 Å². The van der Waals surface area contributed by atoms with E-state index in [-0.39, 0.29) is 16.4 Å². The zero-order valence-electron chi connectivity index (χ0n) is 10.5. The summed E-state index contributed by atoms with van der Waals surface area (Å²) >= 11 is 1.75. The predicted molar refractivity (Wildman–Crippen MR) is 72.2 cm³/mol. The van der Waals surface area contributed by atoms with Gasteiger partial charge in [0.05, 0.1) is 5.56 Å². The molecular weight excluding hydrogens is 275 g/mol. The maximum absolute atomic E-state index is 12.7. The zero-order chi connectivity index (χ0) is 14.1. The smallest absolute Gasteiger partial charge is 0.384 e. The van der Waals surface area contributed by atoms with E-state index in [0.717, 1.165) is 25.0 Å². The lowest BCUT2D eigenvalue weighted by Crippen LogP contribution is -2.40. The van der Waals surface area contributed by atoms with Crippen LogP contribution in [0.1, 0.15) is 24.8 Å². The van der Waals surface area contributed by atoms with E-state index in [2.05, 4.69) is 10.3 Å². The van der Waals surface area contributed by atoms with Crippen LogP contribution < -0.4 is 11.1 Å². The van der Waals surface area contributed by atoms with Gasteiger partial charge in [0, 0.05) is 11.3 Å². The Morgan fingerprint density at radius 2 is 2.11 bits per heavy atom. The fourth-order valence-electron chi connectivity index (χ4n) is 2.08. The molecule has 0 unspecified atom stereocenters. The number of halogens is 3. The molecule has 1 aliphatic rings. The van der Waals surface area contributed by atoms with Crippen molar-refractivity contribution in [3.8, 4) is 0 Å². The number of anilines is 2. The molecule has 0 aromatic carbocycles. The monoisotopic (exact) mass is 291 g/mol. The minimum absolute atomic E-state index is 0.121. The lowest BCUT2D eigenvalue weighted by molar-refractivity contribution is -0.137. The van der Waals surface area contributed by atoms with Crippen molar-refractivity contribution in [2.45, 2.75) is 30.2 Å². The first-order chi connectivity index (χ1) is 8.85. The first kappa shape index (κ1) is 14.3.